The van der Waals surface area contributed by atoms with Crippen LogP contribution in [0.25, 0.3) is 0 Å². The zero-order chi connectivity index (χ0) is 15.8. The molecule has 1 heterocycles. The number of alkyl halides is 3. The van der Waals surface area contributed by atoms with E-state index in [0.717, 1.165) is 6.07 Å². The molecule has 0 fully saturated rings. The number of nitrogens with one attached hydrogen (secondary N) is 1. The third-order valence-corrected chi connectivity index (χ3v) is 5.37. The van der Waals surface area contributed by atoms with Crippen molar-refractivity contribution < 1.29 is 21.6 Å². The minimum absolute atomic E-state index is 0.0674. The van der Waals surface area contributed by atoms with Crippen LogP contribution in [-0.2, 0) is 16.2 Å². The molecule has 1 aromatic carbocycles. The van der Waals surface area contributed by atoms with Crippen LogP contribution in [0.2, 0.25) is 0 Å². The first-order chi connectivity index (χ1) is 9.59. The maximum absolute atomic E-state index is 12.7. The Morgan fingerprint density at radius 2 is 1.95 bits per heavy atom. The van der Waals surface area contributed by atoms with Crippen molar-refractivity contribution in [2.75, 3.05) is 10.5 Å². The van der Waals surface area contributed by atoms with Gasteiger partial charge >= 0.3 is 6.18 Å². The van der Waals surface area contributed by atoms with Gasteiger partial charge in [-0.3, -0.25) is 4.72 Å². The normalized spacial score (nSPS) is 12.4. The van der Waals surface area contributed by atoms with Gasteiger partial charge in [-0.05, 0) is 18.2 Å². The number of benzene rings is 1. The van der Waals surface area contributed by atoms with Crippen LogP contribution < -0.4 is 10.5 Å². The van der Waals surface area contributed by atoms with Crippen molar-refractivity contribution in [3.05, 3.63) is 28.2 Å². The van der Waals surface area contributed by atoms with E-state index in [-0.39, 0.29) is 15.3 Å². The molecule has 3 N–H and O–H groups in total. The lowest BCUT2D eigenvalue weighted by molar-refractivity contribution is -0.138. The third-order valence-electron chi connectivity index (χ3n) is 2.18. The maximum atomic E-state index is 12.7. The van der Waals surface area contributed by atoms with Gasteiger partial charge in [-0.1, -0.05) is 27.3 Å². The van der Waals surface area contributed by atoms with Crippen LogP contribution in [0.15, 0.2) is 27.0 Å². The molecule has 0 saturated heterocycles. The number of halogens is 4. The number of rotatable bonds is 3. The minimum Gasteiger partial charge on any atom is -0.374 e. The average molecular weight is 403 g/mol. The highest BCUT2D eigenvalue weighted by molar-refractivity contribution is 9.10. The summed E-state index contributed by atoms with van der Waals surface area (Å²) >= 11 is 3.36. The molecule has 2 rings (SSSR count). The van der Waals surface area contributed by atoms with Crippen molar-refractivity contribution in [3.8, 4) is 0 Å². The molecule has 1 aromatic heterocycles. The summed E-state index contributed by atoms with van der Waals surface area (Å²) in [7, 11) is -4.14. The molecule has 0 spiro atoms. The van der Waals surface area contributed by atoms with E-state index in [1.165, 1.54) is 6.07 Å². The van der Waals surface area contributed by atoms with Crippen LogP contribution in [0.5, 0.6) is 0 Å². The molecule has 0 aliphatic rings. The highest BCUT2D eigenvalue weighted by atomic mass is 79.9. The van der Waals surface area contributed by atoms with Gasteiger partial charge in [-0.2, -0.15) is 21.6 Å². The molecule has 12 heteroatoms. The quantitative estimate of drug-likeness (QED) is 0.822. The SMILES string of the molecule is Nc1nnc(S(=O)(=O)Nc2ccc(Br)c(C(F)(F)F)c2)s1. The summed E-state index contributed by atoms with van der Waals surface area (Å²) in [4.78, 5) is 0. The first-order valence-electron chi connectivity index (χ1n) is 5.08. The second-order valence-corrected chi connectivity index (χ2v) is 7.42. The Morgan fingerprint density at radius 3 is 2.48 bits per heavy atom. The number of nitrogens with two attached hydrogens (primary N) is 1. The van der Waals surface area contributed by atoms with Crippen LogP contribution in [0.4, 0.5) is 24.0 Å². The Labute approximate surface area is 129 Å². The van der Waals surface area contributed by atoms with Gasteiger partial charge in [0, 0.05) is 10.2 Å². The Balaban J connectivity index is 2.36. The first kappa shape index (κ1) is 16.0. The fourth-order valence-corrected chi connectivity index (χ4v) is 3.64. The molecule has 21 heavy (non-hydrogen) atoms. The number of nitrogens with zero attached hydrogens (tertiary/aromatic N) is 2. The van der Waals surface area contributed by atoms with E-state index in [1.54, 1.807) is 0 Å². The summed E-state index contributed by atoms with van der Waals surface area (Å²) in [6.07, 6.45) is -4.62. The Kier molecular flexibility index (Phi) is 4.13. The summed E-state index contributed by atoms with van der Waals surface area (Å²) < 4.78 is 63.4. The molecule has 0 aliphatic heterocycles. The van der Waals surface area contributed by atoms with Crippen LogP contribution in [-0.4, -0.2) is 18.6 Å². The molecule has 6 nitrogen and oxygen atoms in total. The summed E-state index contributed by atoms with van der Waals surface area (Å²) in [6.45, 7) is 0. The van der Waals surface area contributed by atoms with E-state index in [4.69, 9.17) is 5.73 Å². The van der Waals surface area contributed by atoms with Gasteiger partial charge in [0.25, 0.3) is 14.4 Å². The summed E-state index contributed by atoms with van der Waals surface area (Å²) in [5.41, 5.74) is 4.02. The lowest BCUT2D eigenvalue weighted by Gasteiger charge is -2.11. The Hall–Kier alpha value is -1.40. The number of sulfonamides is 1. The lowest BCUT2D eigenvalue weighted by Crippen LogP contribution is -2.14. The Morgan fingerprint density at radius 1 is 1.29 bits per heavy atom. The smallest absolute Gasteiger partial charge is 0.374 e. The molecular weight excluding hydrogens is 397 g/mol. The van der Waals surface area contributed by atoms with E-state index in [9.17, 15) is 21.6 Å². The second-order valence-electron chi connectivity index (χ2n) is 3.70. The number of hydrogen-bond acceptors (Lipinski definition) is 6. The van der Waals surface area contributed by atoms with E-state index in [0.29, 0.717) is 17.4 Å². The van der Waals surface area contributed by atoms with Gasteiger partial charge in [-0.15, -0.1) is 10.2 Å². The monoisotopic (exact) mass is 402 g/mol. The molecule has 0 unspecified atom stereocenters. The fourth-order valence-electron chi connectivity index (χ4n) is 1.33. The minimum atomic E-state index is -4.62. The Bertz CT molecular complexity index is 776. The number of aromatic nitrogens is 2. The first-order valence-corrected chi connectivity index (χ1v) is 8.17. The molecule has 0 saturated carbocycles. The highest BCUT2D eigenvalue weighted by Crippen LogP contribution is 2.36. The van der Waals surface area contributed by atoms with E-state index in [2.05, 4.69) is 26.1 Å². The van der Waals surface area contributed by atoms with Crippen LogP contribution in [0, 0.1) is 0 Å². The van der Waals surface area contributed by atoms with Crippen molar-refractivity contribution in [3.63, 3.8) is 0 Å². The molecule has 0 aliphatic carbocycles. The van der Waals surface area contributed by atoms with E-state index < -0.39 is 26.1 Å². The highest BCUT2D eigenvalue weighted by Gasteiger charge is 2.33. The molecule has 0 atom stereocenters. The molecule has 114 valence electrons. The molecule has 0 amide bonds. The van der Waals surface area contributed by atoms with Crippen molar-refractivity contribution in [1.82, 2.24) is 10.2 Å². The molecular formula is C9H6BrF3N4O2S2. The maximum Gasteiger partial charge on any atom is 0.417 e. The zero-order valence-electron chi connectivity index (χ0n) is 9.85. The summed E-state index contributed by atoms with van der Waals surface area (Å²) in [5.74, 6) is 0. The fraction of sp³-hybridized carbons (Fsp3) is 0.111. The summed E-state index contributed by atoms with van der Waals surface area (Å²) in [6, 6.07) is 2.95. The predicted molar refractivity (Wildman–Crippen MR) is 74.3 cm³/mol. The van der Waals surface area contributed by atoms with Crippen LogP contribution in [0.1, 0.15) is 5.56 Å². The topological polar surface area (TPSA) is 98.0 Å². The number of hydrogen-bond donors (Lipinski definition) is 2. The summed E-state index contributed by atoms with van der Waals surface area (Å²) in [5, 5.41) is 6.60. The van der Waals surface area contributed by atoms with Crippen molar-refractivity contribution in [1.29, 1.82) is 0 Å². The largest absolute Gasteiger partial charge is 0.417 e. The lowest BCUT2D eigenvalue weighted by atomic mass is 10.2. The van der Waals surface area contributed by atoms with E-state index >= 15 is 0 Å². The molecule has 2 aromatic rings. The van der Waals surface area contributed by atoms with Gasteiger partial charge in [0.15, 0.2) is 0 Å². The molecule has 0 bridgehead atoms. The zero-order valence-corrected chi connectivity index (χ0v) is 13.1. The predicted octanol–water partition coefficient (Wildman–Crippen LogP) is 2.70. The van der Waals surface area contributed by atoms with Gasteiger partial charge in [-0.25, -0.2) is 0 Å². The van der Waals surface area contributed by atoms with Crippen molar-refractivity contribution >= 4 is 48.1 Å². The average Bonchev–Trinajstić information content (AvgIpc) is 2.77. The van der Waals surface area contributed by atoms with Crippen LogP contribution >= 0.6 is 27.3 Å². The van der Waals surface area contributed by atoms with Gasteiger partial charge in [0.2, 0.25) is 5.13 Å². The molecule has 0 radical (unpaired) electrons. The van der Waals surface area contributed by atoms with Gasteiger partial charge in [0.05, 0.1) is 5.56 Å². The van der Waals surface area contributed by atoms with Gasteiger partial charge in [0.1, 0.15) is 0 Å². The number of nitrogen functional groups attached to an aromatic ring is 1. The number of anilines is 2. The van der Waals surface area contributed by atoms with Crippen LogP contribution in [0.3, 0.4) is 0 Å². The third kappa shape index (κ3) is 3.63. The van der Waals surface area contributed by atoms with Gasteiger partial charge < -0.3 is 5.73 Å². The van der Waals surface area contributed by atoms with E-state index in [1.807, 2.05) is 4.72 Å². The standard InChI is InChI=1S/C9H6BrF3N4O2S2/c10-6-2-1-4(3-5(6)9(11,12)13)17-21(18,19)8-16-15-7(14)20-8/h1-3,17H,(H2,14,15). The van der Waals surface area contributed by atoms with Crippen molar-refractivity contribution in [2.24, 2.45) is 0 Å². The second kappa shape index (κ2) is 5.42. The van der Waals surface area contributed by atoms with Crippen molar-refractivity contribution in [2.45, 2.75) is 10.5 Å².